The van der Waals surface area contributed by atoms with Crippen molar-refractivity contribution in [3.05, 3.63) is 84.4 Å². The summed E-state index contributed by atoms with van der Waals surface area (Å²) in [6.07, 6.45) is 1.05. The summed E-state index contributed by atoms with van der Waals surface area (Å²) >= 11 is 0. The number of carbonyl (C=O) groups excluding carboxylic acids is 2. The Morgan fingerprint density at radius 2 is 1.48 bits per heavy atom. The maximum absolute atomic E-state index is 12.5. The highest BCUT2D eigenvalue weighted by Crippen LogP contribution is 2.24. The molecule has 3 aromatic carbocycles. The standard InChI is InChI=1S/C22H19NO5S/c1-29(26,27)20-14-8-7-13-19(20)23-21(24)15-28-22(25)18-12-6-5-11-17(18)16-9-3-2-4-10-16/h2-14H,15H2,1H3,(H,23,24). The maximum Gasteiger partial charge on any atom is 0.339 e. The van der Waals surface area contributed by atoms with Crippen LogP contribution in [0.15, 0.2) is 83.8 Å². The van der Waals surface area contributed by atoms with Crippen molar-refractivity contribution in [3.63, 3.8) is 0 Å². The summed E-state index contributed by atoms with van der Waals surface area (Å²) in [4.78, 5) is 24.7. The predicted octanol–water partition coefficient (Wildman–Crippen LogP) is 3.55. The van der Waals surface area contributed by atoms with Gasteiger partial charge in [0.2, 0.25) is 0 Å². The number of sulfone groups is 1. The van der Waals surface area contributed by atoms with Gasteiger partial charge in [-0.1, -0.05) is 60.7 Å². The minimum absolute atomic E-state index is 0.00546. The number of hydrogen-bond donors (Lipinski definition) is 1. The molecule has 1 amide bonds. The lowest BCUT2D eigenvalue weighted by molar-refractivity contribution is -0.119. The number of hydrogen-bond acceptors (Lipinski definition) is 5. The largest absolute Gasteiger partial charge is 0.452 e. The number of rotatable bonds is 6. The van der Waals surface area contributed by atoms with Crippen molar-refractivity contribution in [2.45, 2.75) is 4.90 Å². The Morgan fingerprint density at radius 1 is 0.862 bits per heavy atom. The first-order valence-corrected chi connectivity index (χ1v) is 10.7. The molecule has 0 bridgehead atoms. The molecule has 0 aromatic heterocycles. The summed E-state index contributed by atoms with van der Waals surface area (Å²) in [6.45, 7) is -0.542. The van der Waals surface area contributed by atoms with E-state index in [0.717, 1.165) is 11.8 Å². The predicted molar refractivity (Wildman–Crippen MR) is 110 cm³/mol. The average molecular weight is 409 g/mol. The van der Waals surface area contributed by atoms with Crippen LogP contribution in [-0.4, -0.2) is 33.2 Å². The molecule has 0 saturated heterocycles. The number of nitrogens with one attached hydrogen (secondary N) is 1. The van der Waals surface area contributed by atoms with Gasteiger partial charge in [-0.15, -0.1) is 0 Å². The zero-order chi connectivity index (χ0) is 20.9. The zero-order valence-corrected chi connectivity index (χ0v) is 16.5. The zero-order valence-electron chi connectivity index (χ0n) is 15.7. The summed E-state index contributed by atoms with van der Waals surface area (Å²) in [5.74, 6) is -1.28. The Bertz CT molecular complexity index is 1140. The second-order valence-corrected chi connectivity index (χ2v) is 8.29. The molecule has 29 heavy (non-hydrogen) atoms. The van der Waals surface area contributed by atoms with Crippen LogP contribution in [0.25, 0.3) is 11.1 Å². The third-order valence-corrected chi connectivity index (χ3v) is 5.28. The second-order valence-electron chi connectivity index (χ2n) is 6.30. The Morgan fingerprint density at radius 3 is 2.21 bits per heavy atom. The molecule has 0 aliphatic rings. The van der Waals surface area contributed by atoms with E-state index in [9.17, 15) is 18.0 Å². The smallest absolute Gasteiger partial charge is 0.339 e. The number of anilines is 1. The van der Waals surface area contributed by atoms with E-state index in [1.54, 1.807) is 30.3 Å². The van der Waals surface area contributed by atoms with Gasteiger partial charge in [0.05, 0.1) is 16.1 Å². The number of esters is 1. The van der Waals surface area contributed by atoms with Gasteiger partial charge in [-0.25, -0.2) is 13.2 Å². The lowest BCUT2D eigenvalue weighted by atomic mass is 10.00. The van der Waals surface area contributed by atoms with E-state index >= 15 is 0 Å². The summed E-state index contributed by atoms with van der Waals surface area (Å²) in [5, 5.41) is 2.47. The van der Waals surface area contributed by atoms with Gasteiger partial charge in [-0.2, -0.15) is 0 Å². The van der Waals surface area contributed by atoms with Crippen molar-refractivity contribution in [1.82, 2.24) is 0 Å². The van der Waals surface area contributed by atoms with Gasteiger partial charge in [0.1, 0.15) is 0 Å². The van der Waals surface area contributed by atoms with Gasteiger partial charge in [0, 0.05) is 6.26 Å². The average Bonchev–Trinajstić information content (AvgIpc) is 2.72. The van der Waals surface area contributed by atoms with Crippen molar-refractivity contribution >= 4 is 27.4 Å². The molecular weight excluding hydrogens is 390 g/mol. The van der Waals surface area contributed by atoms with Crippen molar-refractivity contribution in [2.24, 2.45) is 0 Å². The molecule has 0 saturated carbocycles. The SMILES string of the molecule is CS(=O)(=O)c1ccccc1NC(=O)COC(=O)c1ccccc1-c1ccccc1. The monoisotopic (exact) mass is 409 g/mol. The molecule has 0 spiro atoms. The molecule has 0 radical (unpaired) electrons. The van der Waals surface area contributed by atoms with Crippen LogP contribution in [0, 0.1) is 0 Å². The van der Waals surface area contributed by atoms with Crippen LogP contribution in [0.4, 0.5) is 5.69 Å². The molecule has 0 heterocycles. The maximum atomic E-state index is 12.5. The Balaban J connectivity index is 1.71. The van der Waals surface area contributed by atoms with E-state index in [0.29, 0.717) is 11.1 Å². The molecule has 3 rings (SSSR count). The van der Waals surface area contributed by atoms with Gasteiger partial charge < -0.3 is 10.1 Å². The highest BCUT2D eigenvalue weighted by atomic mass is 32.2. The third-order valence-electron chi connectivity index (χ3n) is 4.13. The van der Waals surface area contributed by atoms with Gasteiger partial charge in [0.25, 0.3) is 5.91 Å². The third kappa shape index (κ3) is 5.08. The van der Waals surface area contributed by atoms with Crippen LogP contribution in [0.3, 0.4) is 0 Å². The first-order chi connectivity index (χ1) is 13.9. The number of carbonyl (C=O) groups is 2. The Labute approximate surface area is 169 Å². The summed E-state index contributed by atoms with van der Waals surface area (Å²) in [6, 6.07) is 22.3. The van der Waals surface area contributed by atoms with E-state index in [2.05, 4.69) is 5.32 Å². The Hall–Kier alpha value is -3.45. The van der Waals surface area contributed by atoms with Crippen LogP contribution < -0.4 is 5.32 Å². The van der Waals surface area contributed by atoms with Crippen molar-refractivity contribution in [1.29, 1.82) is 0 Å². The minimum atomic E-state index is -3.51. The molecule has 3 aromatic rings. The topological polar surface area (TPSA) is 89.5 Å². The molecule has 148 valence electrons. The van der Waals surface area contributed by atoms with Crippen molar-refractivity contribution < 1.29 is 22.7 Å². The van der Waals surface area contributed by atoms with E-state index in [4.69, 9.17) is 4.74 Å². The normalized spacial score (nSPS) is 10.9. The molecule has 1 N–H and O–H groups in total. The molecule has 0 aliphatic heterocycles. The number of para-hydroxylation sites is 1. The summed E-state index contributed by atoms with van der Waals surface area (Å²) in [7, 11) is -3.51. The highest BCUT2D eigenvalue weighted by molar-refractivity contribution is 7.90. The number of ether oxygens (including phenoxy) is 1. The van der Waals surface area contributed by atoms with E-state index < -0.39 is 28.3 Å². The lowest BCUT2D eigenvalue weighted by Crippen LogP contribution is -2.22. The Kier molecular flexibility index (Phi) is 6.09. The van der Waals surface area contributed by atoms with E-state index in [1.807, 2.05) is 36.4 Å². The van der Waals surface area contributed by atoms with Crippen LogP contribution in [0.1, 0.15) is 10.4 Å². The second kappa shape index (κ2) is 8.70. The van der Waals surface area contributed by atoms with Crippen molar-refractivity contribution in [3.8, 4) is 11.1 Å². The van der Waals surface area contributed by atoms with E-state index in [1.165, 1.54) is 12.1 Å². The highest BCUT2D eigenvalue weighted by Gasteiger charge is 2.17. The van der Waals surface area contributed by atoms with Gasteiger partial charge in [0.15, 0.2) is 16.4 Å². The minimum Gasteiger partial charge on any atom is -0.452 e. The molecule has 0 aliphatic carbocycles. The van der Waals surface area contributed by atoms with E-state index in [-0.39, 0.29) is 10.6 Å². The molecule has 6 nitrogen and oxygen atoms in total. The fourth-order valence-electron chi connectivity index (χ4n) is 2.82. The van der Waals surface area contributed by atoms with Crippen LogP contribution in [0.2, 0.25) is 0 Å². The quantitative estimate of drug-likeness (QED) is 0.629. The first kappa shape index (κ1) is 20.3. The molecule has 0 atom stereocenters. The summed E-state index contributed by atoms with van der Waals surface area (Å²) in [5.41, 5.74) is 2.02. The van der Waals surface area contributed by atoms with Gasteiger partial charge in [-0.3, -0.25) is 4.79 Å². The first-order valence-electron chi connectivity index (χ1n) is 8.77. The molecule has 0 fully saturated rings. The summed E-state index contributed by atoms with van der Waals surface area (Å²) < 4.78 is 28.8. The molecule has 0 unspecified atom stereocenters. The fraction of sp³-hybridized carbons (Fsp3) is 0.0909. The number of amides is 1. The fourth-order valence-corrected chi connectivity index (χ4v) is 3.66. The van der Waals surface area contributed by atoms with Crippen LogP contribution in [-0.2, 0) is 19.4 Å². The molecular formula is C22H19NO5S. The van der Waals surface area contributed by atoms with Crippen LogP contribution >= 0.6 is 0 Å². The number of benzene rings is 3. The molecule has 7 heteroatoms. The van der Waals surface area contributed by atoms with Crippen LogP contribution in [0.5, 0.6) is 0 Å². The van der Waals surface area contributed by atoms with Gasteiger partial charge >= 0.3 is 5.97 Å². The van der Waals surface area contributed by atoms with Gasteiger partial charge in [-0.05, 0) is 29.3 Å². The van der Waals surface area contributed by atoms with Crippen molar-refractivity contribution in [2.75, 3.05) is 18.2 Å². The lowest BCUT2D eigenvalue weighted by Gasteiger charge is -2.11.